The summed E-state index contributed by atoms with van der Waals surface area (Å²) in [5.41, 5.74) is 0. The number of ether oxygens (including phenoxy) is 1. The highest BCUT2D eigenvalue weighted by Gasteiger charge is 2.11. The first-order chi connectivity index (χ1) is 7.13. The number of hydrogen-bond donors (Lipinski definition) is 0. The maximum Gasteiger partial charge on any atom is 0.191 e. The molecule has 0 aromatic heterocycles. The zero-order valence-corrected chi connectivity index (χ0v) is 12.3. The van der Waals surface area contributed by atoms with Crippen LogP contribution in [0, 0.1) is 0 Å². The molecular weight excluding hydrogens is 250 g/mol. The van der Waals surface area contributed by atoms with Crippen molar-refractivity contribution in [2.45, 2.75) is 46.5 Å². The fourth-order valence-electron chi connectivity index (χ4n) is 0.971. The predicted molar refractivity (Wildman–Crippen MR) is 72.0 cm³/mol. The Morgan fingerprint density at radius 1 is 1.20 bits per heavy atom. The van der Waals surface area contributed by atoms with Gasteiger partial charge in [0.1, 0.15) is 0 Å². The molecule has 4 heteroatoms. The van der Waals surface area contributed by atoms with Gasteiger partial charge in [0.2, 0.25) is 0 Å². The third-order valence-corrected chi connectivity index (χ3v) is 5.51. The summed E-state index contributed by atoms with van der Waals surface area (Å²) in [7, 11) is -0.613. The molecule has 1 unspecified atom stereocenters. The van der Waals surface area contributed by atoms with Gasteiger partial charge in [-0.3, -0.25) is 0 Å². The molecule has 0 aliphatic rings. The minimum absolute atomic E-state index is 0.515. The maximum absolute atomic E-state index is 6.26. The molecule has 0 saturated heterocycles. The van der Waals surface area contributed by atoms with E-state index in [0.717, 1.165) is 30.7 Å². The summed E-state index contributed by atoms with van der Waals surface area (Å²) in [6.45, 7) is 6.96. The first-order valence-corrected chi connectivity index (χ1v) is 8.36. The van der Waals surface area contributed by atoms with Gasteiger partial charge in [-0.1, -0.05) is 37.9 Å². The Balaban J connectivity index is 3.98. The van der Waals surface area contributed by atoms with E-state index in [-0.39, 0.29) is 0 Å². The van der Waals surface area contributed by atoms with E-state index in [1.807, 2.05) is 6.92 Å². The summed E-state index contributed by atoms with van der Waals surface area (Å²) in [6.07, 6.45) is 5.53. The molecule has 0 N–H and O–H groups in total. The highest BCUT2D eigenvalue weighted by molar-refractivity contribution is 7.87. The number of halogens is 2. The quantitative estimate of drug-likeness (QED) is 0.314. The molecular formula is C11H21Cl2OP. The van der Waals surface area contributed by atoms with Gasteiger partial charge in [-0.25, -0.2) is 0 Å². The summed E-state index contributed by atoms with van der Waals surface area (Å²) in [6, 6.07) is 0. The maximum atomic E-state index is 6.26. The van der Waals surface area contributed by atoms with Crippen LogP contribution < -0.4 is 0 Å². The van der Waals surface area contributed by atoms with Crippen molar-refractivity contribution >= 4 is 30.1 Å². The second-order valence-corrected chi connectivity index (χ2v) is 6.91. The van der Waals surface area contributed by atoms with Gasteiger partial charge in [0, 0.05) is 12.6 Å². The molecule has 1 nitrogen and oxygen atoms in total. The van der Waals surface area contributed by atoms with E-state index in [0.29, 0.717) is 11.8 Å². The van der Waals surface area contributed by atoms with E-state index < -0.39 is 7.27 Å². The molecule has 0 fully saturated rings. The average molecular weight is 271 g/mol. The van der Waals surface area contributed by atoms with Crippen LogP contribution in [-0.2, 0) is 4.74 Å². The molecule has 15 heavy (non-hydrogen) atoms. The van der Waals surface area contributed by atoms with E-state index in [1.54, 1.807) is 0 Å². The van der Waals surface area contributed by atoms with Crippen LogP contribution in [0.3, 0.4) is 0 Å². The van der Waals surface area contributed by atoms with E-state index in [9.17, 15) is 0 Å². The lowest BCUT2D eigenvalue weighted by Gasteiger charge is -2.12. The Morgan fingerprint density at radius 2 is 1.80 bits per heavy atom. The Labute approximate surface area is 105 Å². The second-order valence-electron chi connectivity index (χ2n) is 3.50. The van der Waals surface area contributed by atoms with Crippen LogP contribution in [-0.4, -0.2) is 12.8 Å². The minimum Gasteiger partial charge on any atom is -0.483 e. The normalized spacial score (nSPS) is 14.7. The third kappa shape index (κ3) is 7.44. The number of hydrogen-bond acceptors (Lipinski definition) is 1. The van der Waals surface area contributed by atoms with Gasteiger partial charge < -0.3 is 4.74 Å². The van der Waals surface area contributed by atoms with Crippen molar-refractivity contribution in [2.75, 3.05) is 12.8 Å². The van der Waals surface area contributed by atoms with Crippen molar-refractivity contribution in [1.82, 2.24) is 0 Å². The minimum atomic E-state index is -0.613. The van der Waals surface area contributed by atoms with E-state index in [2.05, 4.69) is 13.8 Å². The van der Waals surface area contributed by atoms with Gasteiger partial charge in [-0.05, 0) is 37.5 Å². The second kappa shape index (κ2) is 9.75. The molecule has 0 rings (SSSR count). The molecule has 0 saturated carbocycles. The average Bonchev–Trinajstić information content (AvgIpc) is 2.24. The Morgan fingerprint density at radius 3 is 2.33 bits per heavy atom. The topological polar surface area (TPSA) is 9.23 Å². The number of allylic oxidation sites excluding steroid dienone is 1. The van der Waals surface area contributed by atoms with Crippen LogP contribution in [0.25, 0.3) is 0 Å². The number of rotatable bonds is 8. The SMILES string of the molecule is CCCCO/C(Cl)=C(\C)P(Cl)CCCC. The fraction of sp³-hybridized carbons (Fsp3) is 0.818. The van der Waals surface area contributed by atoms with Crippen LogP contribution in [0.5, 0.6) is 0 Å². The molecule has 1 atom stereocenters. The molecule has 0 aliphatic heterocycles. The summed E-state index contributed by atoms with van der Waals surface area (Å²) in [5.74, 6) is 0. The predicted octanol–water partition coefficient (Wildman–Crippen LogP) is 5.67. The molecule has 90 valence electrons. The molecule has 0 aliphatic carbocycles. The van der Waals surface area contributed by atoms with Crippen molar-refractivity contribution < 1.29 is 4.74 Å². The molecule has 0 spiro atoms. The van der Waals surface area contributed by atoms with Gasteiger partial charge in [-0.2, -0.15) is 0 Å². The van der Waals surface area contributed by atoms with Gasteiger partial charge in [0.15, 0.2) is 5.22 Å². The Kier molecular flexibility index (Phi) is 10.1. The van der Waals surface area contributed by atoms with Crippen LogP contribution in [0.4, 0.5) is 0 Å². The summed E-state index contributed by atoms with van der Waals surface area (Å²) < 4.78 is 5.42. The van der Waals surface area contributed by atoms with E-state index >= 15 is 0 Å². The lowest BCUT2D eigenvalue weighted by atomic mass is 10.4. The Hall–Kier alpha value is 0.550. The van der Waals surface area contributed by atoms with E-state index in [4.69, 9.17) is 27.6 Å². The first kappa shape index (κ1) is 15.6. The lowest BCUT2D eigenvalue weighted by Crippen LogP contribution is -1.92. The van der Waals surface area contributed by atoms with Gasteiger partial charge in [-0.15, -0.1) is 0 Å². The molecule has 0 amide bonds. The standard InChI is InChI=1S/C11H21Cl2OP/c1-4-6-8-14-11(12)10(3)15(13)9-7-5-2/h4-9H2,1-3H3/b11-10+. The van der Waals surface area contributed by atoms with Crippen molar-refractivity contribution in [2.24, 2.45) is 0 Å². The summed E-state index contributed by atoms with van der Waals surface area (Å²) >= 11 is 12.3. The smallest absolute Gasteiger partial charge is 0.191 e. The van der Waals surface area contributed by atoms with Gasteiger partial charge in [0.25, 0.3) is 0 Å². The van der Waals surface area contributed by atoms with Crippen molar-refractivity contribution in [1.29, 1.82) is 0 Å². The van der Waals surface area contributed by atoms with Crippen LogP contribution in [0.2, 0.25) is 0 Å². The van der Waals surface area contributed by atoms with Gasteiger partial charge in [0.05, 0.1) is 6.61 Å². The largest absolute Gasteiger partial charge is 0.483 e. The monoisotopic (exact) mass is 270 g/mol. The molecule has 0 heterocycles. The highest BCUT2D eigenvalue weighted by Crippen LogP contribution is 2.52. The zero-order valence-electron chi connectivity index (χ0n) is 9.85. The van der Waals surface area contributed by atoms with Crippen molar-refractivity contribution in [3.63, 3.8) is 0 Å². The molecule has 0 aromatic rings. The molecule has 0 aromatic carbocycles. The van der Waals surface area contributed by atoms with Crippen LogP contribution in [0.1, 0.15) is 46.5 Å². The summed E-state index contributed by atoms with van der Waals surface area (Å²) in [4.78, 5) is 0. The van der Waals surface area contributed by atoms with Crippen LogP contribution >= 0.6 is 30.1 Å². The molecule has 0 radical (unpaired) electrons. The Bertz CT molecular complexity index is 195. The van der Waals surface area contributed by atoms with Crippen LogP contribution in [0.15, 0.2) is 10.5 Å². The van der Waals surface area contributed by atoms with Crippen molar-refractivity contribution in [3.8, 4) is 0 Å². The zero-order chi connectivity index (χ0) is 11.7. The van der Waals surface area contributed by atoms with Gasteiger partial charge >= 0.3 is 0 Å². The molecule has 0 bridgehead atoms. The van der Waals surface area contributed by atoms with Crippen molar-refractivity contribution in [3.05, 3.63) is 10.5 Å². The number of unbranched alkanes of at least 4 members (excludes halogenated alkanes) is 2. The highest BCUT2D eigenvalue weighted by atomic mass is 35.7. The lowest BCUT2D eigenvalue weighted by molar-refractivity contribution is 0.229. The third-order valence-electron chi connectivity index (χ3n) is 2.08. The first-order valence-electron chi connectivity index (χ1n) is 5.55. The fourth-order valence-corrected chi connectivity index (χ4v) is 3.26. The summed E-state index contributed by atoms with van der Waals surface area (Å²) in [5, 5.41) is 1.54. The van der Waals surface area contributed by atoms with E-state index in [1.165, 1.54) is 6.42 Å².